The first-order chi connectivity index (χ1) is 11.7. The Morgan fingerprint density at radius 1 is 0.808 bits per heavy atom. The summed E-state index contributed by atoms with van der Waals surface area (Å²) >= 11 is 11.6. The minimum atomic E-state index is -1.25. The lowest BCUT2D eigenvalue weighted by Gasteiger charge is -2.21. The minimum Gasteiger partial charge on any atom is -0.480 e. The van der Waals surface area contributed by atoms with Gasteiger partial charge in [0.15, 0.2) is 0 Å². The predicted molar refractivity (Wildman–Crippen MR) is 104 cm³/mol. The molecule has 0 aliphatic carbocycles. The maximum Gasteiger partial charge on any atom is 0.327 e. The molecule has 0 aliphatic rings. The van der Waals surface area contributed by atoms with E-state index in [0.717, 1.165) is 21.6 Å². The number of rotatable bonds is 11. The molecule has 2 atom stereocenters. The van der Waals surface area contributed by atoms with E-state index >= 15 is 0 Å². The zero-order valence-electron chi connectivity index (χ0n) is 14.7. The summed E-state index contributed by atoms with van der Waals surface area (Å²) in [5, 5.41) is 22.9. The second-order valence-corrected chi connectivity index (χ2v) is 10.7. The van der Waals surface area contributed by atoms with Gasteiger partial charge in [0.25, 0.3) is 0 Å². The molecule has 2 amide bonds. The number of carbonyl (C=O) groups excluding carboxylic acids is 2. The first-order valence-corrected chi connectivity index (χ1v) is 10.6. The lowest BCUT2D eigenvalue weighted by atomic mass is 10.2. The summed E-state index contributed by atoms with van der Waals surface area (Å²) in [6.45, 7) is 5.73. The summed E-state index contributed by atoms with van der Waals surface area (Å²) in [7, 11) is 2.11. The van der Waals surface area contributed by atoms with Crippen LogP contribution in [-0.4, -0.2) is 67.3 Å². The van der Waals surface area contributed by atoms with Gasteiger partial charge in [-0.25, -0.2) is 9.59 Å². The van der Waals surface area contributed by atoms with Gasteiger partial charge in [-0.2, -0.15) is 0 Å². The van der Waals surface area contributed by atoms with E-state index < -0.39 is 45.6 Å². The molecular weight excluding hydrogens is 427 g/mol. The quantitative estimate of drug-likeness (QED) is 0.212. The maximum absolute atomic E-state index is 11.8. The largest absolute Gasteiger partial charge is 0.480 e. The van der Waals surface area contributed by atoms with Crippen LogP contribution in [0.5, 0.6) is 0 Å². The third kappa shape index (κ3) is 9.75. The van der Waals surface area contributed by atoms with Crippen LogP contribution in [-0.2, 0) is 19.2 Å². The van der Waals surface area contributed by atoms with E-state index in [1.807, 2.05) is 0 Å². The first-order valence-electron chi connectivity index (χ1n) is 7.36. The van der Waals surface area contributed by atoms with Gasteiger partial charge in [-0.3, -0.25) is 9.59 Å². The van der Waals surface area contributed by atoms with Crippen molar-refractivity contribution in [3.05, 3.63) is 0 Å². The third-order valence-corrected chi connectivity index (χ3v) is 5.60. The number of amides is 2. The smallest absolute Gasteiger partial charge is 0.327 e. The van der Waals surface area contributed by atoms with Crippen LogP contribution in [0, 0.1) is 0 Å². The Morgan fingerprint density at radius 3 is 1.27 bits per heavy atom. The van der Waals surface area contributed by atoms with Crippen LogP contribution in [0.15, 0.2) is 0 Å². The Balaban J connectivity index is 4.57. The molecule has 4 N–H and O–H groups in total. The van der Waals surface area contributed by atoms with Gasteiger partial charge in [-0.1, -0.05) is 21.6 Å². The van der Waals surface area contributed by atoms with Gasteiger partial charge in [0.1, 0.15) is 21.8 Å². The monoisotopic (exact) mass is 448 g/mol. The molecule has 0 bridgehead atoms. The van der Waals surface area contributed by atoms with E-state index in [9.17, 15) is 19.2 Å². The zero-order chi connectivity index (χ0) is 20.7. The average Bonchev–Trinajstić information content (AvgIpc) is 2.45. The summed E-state index contributed by atoms with van der Waals surface area (Å²) in [6, 6.07) is -2.37. The van der Waals surface area contributed by atoms with Gasteiger partial charge in [-0.05, 0) is 27.7 Å². The van der Waals surface area contributed by atoms with Crippen molar-refractivity contribution in [3.8, 4) is 0 Å². The van der Waals surface area contributed by atoms with E-state index in [1.54, 1.807) is 0 Å². The second kappa shape index (κ2) is 10.5. The van der Waals surface area contributed by atoms with Crippen molar-refractivity contribution >= 4 is 68.5 Å². The van der Waals surface area contributed by atoms with Crippen LogP contribution in [0.4, 0.5) is 0 Å². The molecule has 8 nitrogen and oxygen atoms in total. The van der Waals surface area contributed by atoms with Crippen LogP contribution < -0.4 is 10.6 Å². The normalized spacial score (nSPS) is 14.2. The van der Waals surface area contributed by atoms with Crippen LogP contribution in [0.3, 0.4) is 0 Å². The topological polar surface area (TPSA) is 133 Å². The van der Waals surface area contributed by atoms with Gasteiger partial charge in [0.2, 0.25) is 11.8 Å². The van der Waals surface area contributed by atoms with Crippen molar-refractivity contribution in [2.45, 2.75) is 49.5 Å². The molecule has 0 unspecified atom stereocenters. The van der Waals surface area contributed by atoms with Crippen molar-refractivity contribution in [3.63, 3.8) is 0 Å². The highest BCUT2D eigenvalue weighted by atomic mass is 35.5. The Labute approximate surface area is 169 Å². The molecule has 0 radical (unpaired) electrons. The van der Waals surface area contributed by atoms with E-state index in [-0.39, 0.29) is 11.5 Å². The molecule has 0 aromatic carbocycles. The fraction of sp³-hybridized carbons (Fsp3) is 0.714. The number of nitrogens with one attached hydrogen (secondary N) is 2. The van der Waals surface area contributed by atoms with Crippen LogP contribution >= 0.6 is 44.8 Å². The number of carbonyl (C=O) groups is 4. The number of alkyl halides is 2. The molecule has 0 saturated heterocycles. The summed E-state index contributed by atoms with van der Waals surface area (Å²) in [6.07, 6.45) is 0. The standard InChI is InChI=1S/C14H22Cl2N2O6S2/c1-13(2,15)11(23)17-7(9(19)20)5-25-26-6-8(10(21)22)18-12(24)14(3,4)16/h7-8H,5-6H2,1-4H3,(H,17,23)(H,18,24)(H,19,20)(H,21,22)/t7-,8-/m0/s1. The third-order valence-electron chi connectivity index (χ3n) is 2.84. The van der Waals surface area contributed by atoms with Gasteiger partial charge < -0.3 is 20.8 Å². The highest BCUT2D eigenvalue weighted by Crippen LogP contribution is 2.24. The fourth-order valence-corrected chi connectivity index (χ4v) is 3.66. The van der Waals surface area contributed by atoms with Crippen molar-refractivity contribution < 1.29 is 29.4 Å². The summed E-state index contributed by atoms with van der Waals surface area (Å²) < 4.78 is 0. The average molecular weight is 449 g/mol. The number of hydrogen-bond donors (Lipinski definition) is 4. The highest BCUT2D eigenvalue weighted by molar-refractivity contribution is 8.76. The molecule has 0 spiro atoms. The zero-order valence-corrected chi connectivity index (χ0v) is 17.8. The maximum atomic E-state index is 11.8. The molecule has 150 valence electrons. The van der Waals surface area contributed by atoms with E-state index in [2.05, 4.69) is 10.6 Å². The van der Waals surface area contributed by atoms with Crippen molar-refractivity contribution in [2.75, 3.05) is 11.5 Å². The molecule has 0 saturated carbocycles. The second-order valence-electron chi connectivity index (χ2n) is 6.24. The van der Waals surface area contributed by atoms with E-state index in [4.69, 9.17) is 33.4 Å². The van der Waals surface area contributed by atoms with E-state index in [0.29, 0.717) is 0 Å². The Kier molecular flexibility index (Phi) is 10.1. The summed E-state index contributed by atoms with van der Waals surface area (Å²) in [5.74, 6) is -3.76. The minimum absolute atomic E-state index is 0.0139. The highest BCUT2D eigenvalue weighted by Gasteiger charge is 2.31. The first kappa shape index (κ1) is 25.2. The number of carboxylic acids is 2. The SMILES string of the molecule is CC(C)(Cl)C(=O)N[C@@H](CSSC[C@H](NC(=O)C(C)(C)Cl)C(=O)O)C(=O)O. The molecular formula is C14H22Cl2N2O6S2. The molecule has 0 fully saturated rings. The van der Waals surface area contributed by atoms with Gasteiger partial charge >= 0.3 is 11.9 Å². The molecule has 26 heavy (non-hydrogen) atoms. The molecule has 0 aromatic rings. The molecule has 0 heterocycles. The van der Waals surface area contributed by atoms with Crippen LogP contribution in [0.2, 0.25) is 0 Å². The number of hydrogen-bond acceptors (Lipinski definition) is 6. The van der Waals surface area contributed by atoms with Gasteiger partial charge in [0.05, 0.1) is 0 Å². The number of halogens is 2. The summed E-state index contributed by atoms with van der Waals surface area (Å²) in [4.78, 5) is 43.4. The lowest BCUT2D eigenvalue weighted by molar-refractivity contribution is -0.141. The van der Waals surface area contributed by atoms with Gasteiger partial charge in [0, 0.05) is 11.5 Å². The molecule has 0 aromatic heterocycles. The Morgan fingerprint density at radius 2 is 1.08 bits per heavy atom. The summed E-state index contributed by atoms with van der Waals surface area (Å²) in [5.41, 5.74) is 0. The fourth-order valence-electron chi connectivity index (χ4n) is 1.24. The molecule has 12 heteroatoms. The molecule has 0 rings (SSSR count). The van der Waals surface area contributed by atoms with Crippen molar-refractivity contribution in [2.24, 2.45) is 0 Å². The number of carboxylic acid groups (broad SMARTS) is 2. The van der Waals surface area contributed by atoms with Gasteiger partial charge in [-0.15, -0.1) is 23.2 Å². The van der Waals surface area contributed by atoms with Crippen molar-refractivity contribution in [1.82, 2.24) is 10.6 Å². The Hall–Kier alpha value is -0.840. The predicted octanol–water partition coefficient (Wildman–Crippen LogP) is 1.54. The Bertz CT molecular complexity index is 501. The van der Waals surface area contributed by atoms with Crippen molar-refractivity contribution in [1.29, 1.82) is 0 Å². The van der Waals surface area contributed by atoms with Crippen LogP contribution in [0.25, 0.3) is 0 Å². The molecule has 0 aliphatic heterocycles. The van der Waals surface area contributed by atoms with Crippen LogP contribution in [0.1, 0.15) is 27.7 Å². The van der Waals surface area contributed by atoms with E-state index in [1.165, 1.54) is 27.7 Å². The lowest BCUT2D eigenvalue weighted by Crippen LogP contribution is -2.49. The number of aliphatic carboxylic acids is 2.